The topological polar surface area (TPSA) is 144 Å². The molecule has 248 valence electrons. The summed E-state index contributed by atoms with van der Waals surface area (Å²) >= 11 is 0. The number of nitrogen functional groups attached to an aromatic ring is 1. The van der Waals surface area contributed by atoms with Gasteiger partial charge in [0.1, 0.15) is 17.5 Å². The molecule has 3 heterocycles. The van der Waals surface area contributed by atoms with E-state index in [1.54, 1.807) is 0 Å². The molecule has 2 aliphatic heterocycles. The minimum atomic E-state index is -4.16. The number of aromatic nitrogens is 2. The van der Waals surface area contributed by atoms with Gasteiger partial charge in [0.05, 0.1) is 13.2 Å². The lowest BCUT2D eigenvalue weighted by atomic mass is 9.96. The number of nitrogens with two attached hydrogens (primary N) is 1. The molecule has 1 aromatic rings. The van der Waals surface area contributed by atoms with Crippen LogP contribution in [0.1, 0.15) is 71.4 Å². The van der Waals surface area contributed by atoms with E-state index in [1.807, 2.05) is 0 Å². The molecule has 5 atom stereocenters. The van der Waals surface area contributed by atoms with Crippen LogP contribution in [-0.2, 0) is 27.7 Å². The van der Waals surface area contributed by atoms with E-state index in [1.165, 1.54) is 19.2 Å². The Kier molecular flexibility index (Phi) is 15.1. The van der Waals surface area contributed by atoms with E-state index in [9.17, 15) is 14.2 Å². The third-order valence-corrected chi connectivity index (χ3v) is 8.75. The third-order valence-electron chi connectivity index (χ3n) is 7.17. The molecule has 13 heteroatoms. The first-order valence-corrected chi connectivity index (χ1v) is 16.9. The molecule has 3 N–H and O–H groups in total. The quantitative estimate of drug-likeness (QED) is 0.111. The van der Waals surface area contributed by atoms with Crippen LogP contribution in [0.4, 0.5) is 10.2 Å². The molecule has 1 amide bonds. The lowest BCUT2D eigenvalue weighted by molar-refractivity contribution is -0.121. The number of nitrogens with zero attached hydrogens (tertiary/aromatic N) is 2. The van der Waals surface area contributed by atoms with Crippen molar-refractivity contribution >= 4 is 19.5 Å². The van der Waals surface area contributed by atoms with Crippen LogP contribution in [0, 0.1) is 0 Å². The van der Waals surface area contributed by atoms with Gasteiger partial charge < -0.3 is 15.8 Å². The highest BCUT2D eigenvalue weighted by atomic mass is 31.2. The molecule has 0 radical (unpaired) electrons. The Morgan fingerprint density at radius 3 is 2.38 bits per heavy atom. The molecule has 0 saturated carbocycles. The first-order valence-electron chi connectivity index (χ1n) is 15.4. The predicted molar refractivity (Wildman–Crippen MR) is 172 cm³/mol. The van der Waals surface area contributed by atoms with Crippen LogP contribution < -0.4 is 16.7 Å². The molecule has 0 aromatic carbocycles. The zero-order valence-electron chi connectivity index (χ0n) is 26.1. The fraction of sp³-hybridized carbons (Fsp3) is 0.531. The van der Waals surface area contributed by atoms with Crippen LogP contribution in [0.5, 0.6) is 0 Å². The van der Waals surface area contributed by atoms with Crippen LogP contribution in [0.15, 0.2) is 77.8 Å². The fourth-order valence-electron chi connectivity index (χ4n) is 4.65. The lowest BCUT2D eigenvalue weighted by Gasteiger charge is -2.38. The first kappa shape index (κ1) is 36.3. The van der Waals surface area contributed by atoms with E-state index in [4.69, 9.17) is 24.0 Å². The van der Waals surface area contributed by atoms with Crippen molar-refractivity contribution in [3.63, 3.8) is 0 Å². The fourth-order valence-corrected chi connectivity index (χ4v) is 6.16. The van der Waals surface area contributed by atoms with Crippen LogP contribution in [0.25, 0.3) is 0 Å². The van der Waals surface area contributed by atoms with Gasteiger partial charge in [0.15, 0.2) is 12.4 Å². The summed E-state index contributed by atoms with van der Waals surface area (Å²) in [6, 6.07) is 1.34. The Balaban J connectivity index is 1.26. The average molecular weight is 649 g/mol. The summed E-state index contributed by atoms with van der Waals surface area (Å²) < 4.78 is 51.2. The lowest BCUT2D eigenvalue weighted by Crippen LogP contribution is -2.49. The number of rotatable bonds is 18. The smallest absolute Gasteiger partial charge is 0.383 e. The van der Waals surface area contributed by atoms with Crippen molar-refractivity contribution in [2.24, 2.45) is 0 Å². The molecule has 2 fully saturated rings. The molecule has 2 aliphatic rings. The molecule has 2 saturated heterocycles. The van der Waals surface area contributed by atoms with Crippen molar-refractivity contribution < 1.29 is 32.1 Å². The molecule has 11 nitrogen and oxygen atoms in total. The maximum absolute atomic E-state index is 15.5. The Morgan fingerprint density at radius 1 is 1.13 bits per heavy atom. The number of halogens is 1. The number of phosphoric ester groups is 1. The summed E-state index contributed by atoms with van der Waals surface area (Å²) in [4.78, 5) is 27.9. The number of nitrogens with one attached hydrogen (secondary N) is 1. The third kappa shape index (κ3) is 11.6. The number of fused-ring (bicyclic) bond motifs is 1. The second kappa shape index (κ2) is 18.7. The second-order valence-corrected chi connectivity index (χ2v) is 12.4. The summed E-state index contributed by atoms with van der Waals surface area (Å²) in [7, 11) is -4.16. The Morgan fingerprint density at radius 2 is 1.76 bits per heavy atom. The molecule has 0 aliphatic carbocycles. The number of anilines is 1. The standard InChI is InChI=1S/C32H46FN4O7P/c1-3-4-5-6-7-8-9-10-11-12-13-14-15-16-17-18-19-20-28(38)35-22-24-41-45(40)42-25-26-32(2,44-45)29(33)30(43-26)37-23-21-27(34)36-31(37)39/h4-5,7-8,10-11,13-14,16-17,21,23,26,29-30H,3,6,9,12,15,18-20,22,24-25H2,1-2H3,(H,35,38)(H2,34,36,39)/b5-4-,8-7-,11-10-,14-13-,17-16-/t26-,29+,30-,32-,45?/m1/s1. The number of phosphoric acid groups is 1. The van der Waals surface area contributed by atoms with Gasteiger partial charge in [0, 0.05) is 19.2 Å². The number of hydrogen-bond donors (Lipinski definition) is 2. The van der Waals surface area contributed by atoms with Crippen LogP contribution in [0.2, 0.25) is 0 Å². The van der Waals surface area contributed by atoms with Gasteiger partial charge >= 0.3 is 13.5 Å². The summed E-state index contributed by atoms with van der Waals surface area (Å²) in [5, 5.41) is 2.70. The van der Waals surface area contributed by atoms with Gasteiger partial charge in [0.25, 0.3) is 0 Å². The molecular formula is C32H46FN4O7P. The summed E-state index contributed by atoms with van der Waals surface area (Å²) in [5.74, 6) is -0.177. The van der Waals surface area contributed by atoms with Gasteiger partial charge in [-0.1, -0.05) is 67.7 Å². The van der Waals surface area contributed by atoms with Gasteiger partial charge in [-0.15, -0.1) is 0 Å². The monoisotopic (exact) mass is 648 g/mol. The molecule has 0 spiro atoms. The van der Waals surface area contributed by atoms with Crippen molar-refractivity contribution in [2.75, 3.05) is 25.5 Å². The number of ether oxygens (including phenoxy) is 1. The predicted octanol–water partition coefficient (Wildman–Crippen LogP) is 6.03. The van der Waals surface area contributed by atoms with E-state index in [2.05, 4.69) is 78.0 Å². The van der Waals surface area contributed by atoms with E-state index in [0.29, 0.717) is 12.8 Å². The van der Waals surface area contributed by atoms with Crippen molar-refractivity contribution in [3.05, 3.63) is 83.5 Å². The minimum Gasteiger partial charge on any atom is -0.383 e. The average Bonchev–Trinajstić information content (AvgIpc) is 3.25. The number of alkyl halides is 1. The Bertz CT molecular complexity index is 1340. The SMILES string of the molecule is CC/C=C\C/C=C\C/C=C\C/C=C\C/C=C\CCCC(=O)NCCOP1(=O)OC[C@H]2O[C@@H](n3ccc(N)nc3=O)[C@H](F)[C@]2(C)O1. The first-order chi connectivity index (χ1) is 21.7. The van der Waals surface area contributed by atoms with E-state index < -0.39 is 37.6 Å². The van der Waals surface area contributed by atoms with Gasteiger partial charge in [-0.3, -0.25) is 22.9 Å². The summed E-state index contributed by atoms with van der Waals surface area (Å²) in [6.45, 7) is 3.15. The van der Waals surface area contributed by atoms with E-state index in [-0.39, 0.29) is 31.5 Å². The van der Waals surface area contributed by atoms with Gasteiger partial charge in [0.2, 0.25) is 5.91 Å². The molecule has 45 heavy (non-hydrogen) atoms. The zero-order chi connectivity index (χ0) is 32.5. The summed E-state index contributed by atoms with van der Waals surface area (Å²) in [6.07, 6.45) is 25.0. The summed E-state index contributed by atoms with van der Waals surface area (Å²) in [5.41, 5.74) is 3.01. The maximum Gasteiger partial charge on any atom is 0.475 e. The van der Waals surface area contributed by atoms with Crippen LogP contribution >= 0.6 is 7.82 Å². The van der Waals surface area contributed by atoms with Gasteiger partial charge in [-0.2, -0.15) is 4.98 Å². The maximum atomic E-state index is 15.5. The highest BCUT2D eigenvalue weighted by Crippen LogP contribution is 2.61. The number of carbonyl (C=O) groups excluding carboxylic acids is 1. The van der Waals surface area contributed by atoms with Crippen molar-refractivity contribution in [1.82, 2.24) is 14.9 Å². The zero-order valence-corrected chi connectivity index (χ0v) is 27.0. The van der Waals surface area contributed by atoms with Crippen molar-refractivity contribution in [1.29, 1.82) is 0 Å². The van der Waals surface area contributed by atoms with E-state index >= 15 is 4.39 Å². The Labute approximate surface area is 264 Å². The van der Waals surface area contributed by atoms with Gasteiger partial charge in [-0.25, -0.2) is 13.8 Å². The van der Waals surface area contributed by atoms with Crippen molar-refractivity contribution in [3.8, 4) is 0 Å². The van der Waals surface area contributed by atoms with Crippen molar-refractivity contribution in [2.45, 2.75) is 89.3 Å². The normalized spacial score (nSPS) is 27.0. The number of allylic oxidation sites excluding steroid dienone is 10. The van der Waals surface area contributed by atoms with E-state index in [0.717, 1.165) is 43.1 Å². The molecule has 3 rings (SSSR count). The number of unbranched alkanes of at least 4 members (excludes halogenated alkanes) is 1. The molecule has 1 aromatic heterocycles. The van der Waals surface area contributed by atoms with Gasteiger partial charge in [-0.05, 0) is 57.9 Å². The largest absolute Gasteiger partial charge is 0.475 e. The molecule has 1 unspecified atom stereocenters. The molecule has 0 bridgehead atoms. The highest BCUT2D eigenvalue weighted by Gasteiger charge is 2.62. The number of carbonyl (C=O) groups is 1. The Hall–Kier alpha value is -3.15. The second-order valence-electron chi connectivity index (χ2n) is 10.8. The number of amides is 1. The highest BCUT2D eigenvalue weighted by molar-refractivity contribution is 7.48. The number of hydrogen-bond acceptors (Lipinski definition) is 9. The molecular weight excluding hydrogens is 602 g/mol. The van der Waals surface area contributed by atoms with Crippen LogP contribution in [-0.4, -0.2) is 53.1 Å². The van der Waals surface area contributed by atoms with Crippen LogP contribution in [0.3, 0.4) is 0 Å². The minimum absolute atomic E-state index is 0.0109.